The number of aryl methyl sites for hydroxylation is 1. The maximum Gasteiger partial charge on any atom is 0.336 e. The van der Waals surface area contributed by atoms with Gasteiger partial charge in [0.1, 0.15) is 0 Å². The summed E-state index contributed by atoms with van der Waals surface area (Å²) in [5.41, 5.74) is 4.67. The third-order valence-corrected chi connectivity index (χ3v) is 5.49. The van der Waals surface area contributed by atoms with E-state index in [0.717, 1.165) is 35.6 Å². The van der Waals surface area contributed by atoms with E-state index in [9.17, 15) is 9.59 Å². The van der Waals surface area contributed by atoms with Gasteiger partial charge in [0.15, 0.2) is 5.78 Å². The van der Waals surface area contributed by atoms with Gasteiger partial charge in [0.2, 0.25) is 0 Å². The van der Waals surface area contributed by atoms with Crippen molar-refractivity contribution in [2.45, 2.75) is 66.8 Å². The van der Waals surface area contributed by atoms with Crippen molar-refractivity contribution in [2.75, 3.05) is 6.61 Å². The lowest BCUT2D eigenvalue weighted by molar-refractivity contribution is -0.138. The number of nitrogens with zero attached hydrogens (tertiary/aromatic N) is 2. The van der Waals surface area contributed by atoms with Crippen molar-refractivity contribution in [1.29, 1.82) is 0 Å². The average Bonchev–Trinajstić information content (AvgIpc) is 2.92. The molecule has 0 saturated heterocycles. The Labute approximate surface area is 160 Å². The molecule has 1 aliphatic carbocycles. The Morgan fingerprint density at radius 3 is 2.63 bits per heavy atom. The molecule has 1 aliphatic heterocycles. The highest BCUT2D eigenvalue weighted by atomic mass is 16.5. The van der Waals surface area contributed by atoms with Gasteiger partial charge in [-0.05, 0) is 39.5 Å². The number of carbonyl (C=O) groups is 2. The van der Waals surface area contributed by atoms with Gasteiger partial charge in [-0.25, -0.2) is 4.79 Å². The van der Waals surface area contributed by atoms with E-state index in [1.54, 1.807) is 13.1 Å². The summed E-state index contributed by atoms with van der Waals surface area (Å²) in [6.45, 7) is 12.9. The Morgan fingerprint density at radius 2 is 2.04 bits per heavy atom. The van der Waals surface area contributed by atoms with E-state index in [-0.39, 0.29) is 17.2 Å². The Morgan fingerprint density at radius 1 is 1.33 bits per heavy atom. The predicted molar refractivity (Wildman–Crippen MR) is 103 cm³/mol. The number of hydrogen-bond acceptors (Lipinski definition) is 5. The van der Waals surface area contributed by atoms with Crippen LogP contribution in [-0.2, 0) is 20.9 Å². The molecule has 0 bridgehead atoms. The Kier molecular flexibility index (Phi) is 5.02. The Bertz CT molecular complexity index is 858. The minimum atomic E-state index is -0.427. The summed E-state index contributed by atoms with van der Waals surface area (Å²) in [5.74, 6) is -0.707. The first-order chi connectivity index (χ1) is 12.7. The average molecular weight is 371 g/mol. The summed E-state index contributed by atoms with van der Waals surface area (Å²) in [5, 5.41) is 7.80. The molecule has 0 spiro atoms. The number of nitrogens with one attached hydrogen (secondary N) is 1. The summed E-state index contributed by atoms with van der Waals surface area (Å²) < 4.78 is 7.23. The lowest BCUT2D eigenvalue weighted by Gasteiger charge is -2.39. The normalized spacial score (nSPS) is 21.9. The summed E-state index contributed by atoms with van der Waals surface area (Å²) in [6.07, 6.45) is 3.04. The van der Waals surface area contributed by atoms with Crippen LogP contribution < -0.4 is 5.32 Å². The molecule has 0 radical (unpaired) electrons. The standard InChI is InChI=1S/C21H29N3O3/c1-7-24-13(4)14(11-22-24)18-17(20(26)27-8-2)12(3)23-15-9-21(5,6)10-16(25)19(15)18/h11,18,23H,7-10H2,1-6H3/t18-/m0/s1. The largest absolute Gasteiger partial charge is 0.463 e. The smallest absolute Gasteiger partial charge is 0.336 e. The van der Waals surface area contributed by atoms with Crippen LogP contribution in [0.1, 0.15) is 64.6 Å². The first-order valence-corrected chi connectivity index (χ1v) is 9.63. The van der Waals surface area contributed by atoms with Crippen LogP contribution in [0.15, 0.2) is 28.7 Å². The zero-order valence-corrected chi connectivity index (χ0v) is 17.1. The van der Waals surface area contributed by atoms with Gasteiger partial charge in [-0.2, -0.15) is 5.10 Å². The minimum Gasteiger partial charge on any atom is -0.463 e. The van der Waals surface area contributed by atoms with E-state index in [1.165, 1.54) is 0 Å². The third-order valence-electron chi connectivity index (χ3n) is 5.49. The zero-order valence-electron chi connectivity index (χ0n) is 17.1. The van der Waals surface area contributed by atoms with Crippen LogP contribution in [0.3, 0.4) is 0 Å². The quantitative estimate of drug-likeness (QED) is 0.822. The molecule has 6 nitrogen and oxygen atoms in total. The molecular formula is C21H29N3O3. The molecule has 146 valence electrons. The number of hydrogen-bond donors (Lipinski definition) is 1. The number of allylic oxidation sites excluding steroid dienone is 3. The van der Waals surface area contributed by atoms with E-state index in [1.807, 2.05) is 25.5 Å². The molecule has 0 saturated carbocycles. The van der Waals surface area contributed by atoms with Crippen molar-refractivity contribution < 1.29 is 14.3 Å². The van der Waals surface area contributed by atoms with Crippen LogP contribution in [-0.4, -0.2) is 28.1 Å². The van der Waals surface area contributed by atoms with Gasteiger partial charge in [-0.1, -0.05) is 13.8 Å². The number of Topliss-reactive ketones (excluding diaryl/α,β-unsaturated/α-hetero) is 1. The van der Waals surface area contributed by atoms with Crippen LogP contribution in [0.2, 0.25) is 0 Å². The van der Waals surface area contributed by atoms with Crippen LogP contribution in [0.5, 0.6) is 0 Å². The number of ether oxygens (including phenoxy) is 1. The molecular weight excluding hydrogens is 342 g/mol. The summed E-state index contributed by atoms with van der Waals surface area (Å²) in [6, 6.07) is 0. The van der Waals surface area contributed by atoms with Crippen molar-refractivity contribution >= 4 is 11.8 Å². The van der Waals surface area contributed by atoms with Crippen LogP contribution in [0, 0.1) is 12.3 Å². The molecule has 3 rings (SSSR count). The number of dihydropyridines is 1. The number of esters is 1. The van der Waals surface area contributed by atoms with E-state index in [2.05, 4.69) is 24.3 Å². The van der Waals surface area contributed by atoms with Crippen molar-refractivity contribution in [3.8, 4) is 0 Å². The van der Waals surface area contributed by atoms with Crippen molar-refractivity contribution in [3.05, 3.63) is 40.0 Å². The maximum atomic E-state index is 13.1. The molecule has 1 aromatic heterocycles. The molecule has 0 unspecified atom stereocenters. The molecule has 6 heteroatoms. The van der Waals surface area contributed by atoms with Crippen LogP contribution >= 0.6 is 0 Å². The van der Waals surface area contributed by atoms with E-state index in [4.69, 9.17) is 4.74 Å². The lowest BCUT2D eigenvalue weighted by Crippen LogP contribution is -2.38. The lowest BCUT2D eigenvalue weighted by atomic mass is 9.68. The minimum absolute atomic E-state index is 0.0942. The zero-order chi connectivity index (χ0) is 19.9. The van der Waals surface area contributed by atoms with Crippen LogP contribution in [0.4, 0.5) is 0 Å². The first-order valence-electron chi connectivity index (χ1n) is 9.63. The molecule has 1 aromatic rings. The van der Waals surface area contributed by atoms with Gasteiger partial charge >= 0.3 is 5.97 Å². The fraction of sp³-hybridized carbons (Fsp3) is 0.571. The summed E-state index contributed by atoms with van der Waals surface area (Å²) in [7, 11) is 0. The number of carbonyl (C=O) groups excluding carboxylic acids is 2. The van der Waals surface area contributed by atoms with Gasteiger partial charge in [-0.3, -0.25) is 9.48 Å². The third kappa shape index (κ3) is 3.33. The van der Waals surface area contributed by atoms with E-state index >= 15 is 0 Å². The van der Waals surface area contributed by atoms with Crippen molar-refractivity contribution in [3.63, 3.8) is 0 Å². The monoisotopic (exact) mass is 371 g/mol. The second-order valence-corrected chi connectivity index (χ2v) is 8.15. The van der Waals surface area contributed by atoms with E-state index in [0.29, 0.717) is 24.2 Å². The Hall–Kier alpha value is -2.37. The number of rotatable bonds is 4. The van der Waals surface area contributed by atoms with E-state index < -0.39 is 5.92 Å². The number of ketones is 1. The fourth-order valence-corrected chi connectivity index (χ4v) is 4.29. The molecule has 0 amide bonds. The Balaban J connectivity index is 2.20. The fourth-order valence-electron chi connectivity index (χ4n) is 4.29. The van der Waals surface area contributed by atoms with Gasteiger partial charge in [0, 0.05) is 41.2 Å². The first kappa shape index (κ1) is 19.4. The summed E-state index contributed by atoms with van der Waals surface area (Å²) in [4.78, 5) is 26.0. The van der Waals surface area contributed by atoms with Crippen molar-refractivity contribution in [2.24, 2.45) is 5.41 Å². The highest BCUT2D eigenvalue weighted by molar-refractivity contribution is 6.04. The SMILES string of the molecule is CCOC(=O)C1=C(C)NC2=C(C(=O)CC(C)(C)C2)[C@H]1c1cnn(CC)c1C. The van der Waals surface area contributed by atoms with Gasteiger partial charge in [0.05, 0.1) is 24.3 Å². The molecule has 0 fully saturated rings. The van der Waals surface area contributed by atoms with Gasteiger partial charge in [0.25, 0.3) is 0 Å². The molecule has 1 N–H and O–H groups in total. The highest BCUT2D eigenvalue weighted by Crippen LogP contribution is 2.47. The molecule has 1 atom stereocenters. The molecule has 2 aliphatic rings. The molecule has 0 aromatic carbocycles. The second-order valence-electron chi connectivity index (χ2n) is 8.15. The number of aromatic nitrogens is 2. The predicted octanol–water partition coefficient (Wildman–Crippen LogP) is 3.38. The maximum absolute atomic E-state index is 13.1. The van der Waals surface area contributed by atoms with Crippen LogP contribution in [0.25, 0.3) is 0 Å². The van der Waals surface area contributed by atoms with Crippen molar-refractivity contribution in [1.82, 2.24) is 15.1 Å². The van der Waals surface area contributed by atoms with Gasteiger partial charge < -0.3 is 10.1 Å². The van der Waals surface area contributed by atoms with Gasteiger partial charge in [-0.15, -0.1) is 0 Å². The second kappa shape index (κ2) is 6.98. The highest BCUT2D eigenvalue weighted by Gasteiger charge is 2.44. The summed E-state index contributed by atoms with van der Waals surface area (Å²) >= 11 is 0. The topological polar surface area (TPSA) is 73.2 Å². The molecule has 27 heavy (non-hydrogen) atoms. The molecule has 2 heterocycles.